The third-order valence-electron chi connectivity index (χ3n) is 4.85. The first-order chi connectivity index (χ1) is 11.4. The molecule has 130 valence electrons. The fourth-order valence-corrected chi connectivity index (χ4v) is 2.74. The molecule has 1 saturated carbocycles. The van der Waals surface area contributed by atoms with Gasteiger partial charge in [-0.3, -0.25) is 0 Å². The van der Waals surface area contributed by atoms with Gasteiger partial charge in [0.25, 0.3) is 0 Å². The van der Waals surface area contributed by atoms with Crippen LogP contribution in [0.5, 0.6) is 0 Å². The SMILES string of the molecule is CO/C=C(/C(=O)OC)c1ccccc1CO/N=C(/C)C1(C)CC1C. The monoisotopic (exact) mass is 331 g/mol. The number of benzene rings is 1. The molecule has 24 heavy (non-hydrogen) atoms. The third-order valence-corrected chi connectivity index (χ3v) is 4.85. The van der Waals surface area contributed by atoms with Crippen molar-refractivity contribution in [2.75, 3.05) is 14.2 Å². The lowest BCUT2D eigenvalue weighted by atomic mass is 10.0. The summed E-state index contributed by atoms with van der Waals surface area (Å²) in [5.41, 5.74) is 3.07. The zero-order chi connectivity index (χ0) is 17.7. The number of methoxy groups -OCH3 is 2. The van der Waals surface area contributed by atoms with Crippen molar-refractivity contribution in [1.82, 2.24) is 0 Å². The van der Waals surface area contributed by atoms with Gasteiger partial charge in [0, 0.05) is 11.0 Å². The van der Waals surface area contributed by atoms with Crippen LogP contribution in [0.4, 0.5) is 0 Å². The van der Waals surface area contributed by atoms with Crippen LogP contribution in [-0.2, 0) is 25.7 Å². The van der Waals surface area contributed by atoms with E-state index in [9.17, 15) is 4.79 Å². The molecular weight excluding hydrogens is 306 g/mol. The second kappa shape index (κ2) is 7.51. The van der Waals surface area contributed by atoms with Crippen molar-refractivity contribution >= 4 is 17.3 Å². The Kier molecular flexibility index (Phi) is 5.65. The minimum Gasteiger partial charge on any atom is -0.503 e. The number of esters is 1. The predicted molar refractivity (Wildman–Crippen MR) is 93.2 cm³/mol. The predicted octanol–water partition coefficient (Wildman–Crippen LogP) is 3.79. The molecule has 2 atom stereocenters. The summed E-state index contributed by atoms with van der Waals surface area (Å²) in [6.45, 7) is 6.69. The molecule has 2 rings (SSSR count). The number of hydrogen-bond donors (Lipinski definition) is 0. The first kappa shape index (κ1) is 18.0. The maximum atomic E-state index is 12.0. The molecule has 1 aliphatic rings. The van der Waals surface area contributed by atoms with Crippen molar-refractivity contribution in [3.05, 3.63) is 41.7 Å². The molecule has 0 bridgehead atoms. The Morgan fingerprint density at radius 3 is 2.62 bits per heavy atom. The number of hydrogen-bond acceptors (Lipinski definition) is 5. The van der Waals surface area contributed by atoms with Crippen molar-refractivity contribution in [1.29, 1.82) is 0 Å². The Balaban J connectivity index is 2.16. The van der Waals surface area contributed by atoms with Crippen molar-refractivity contribution in [2.45, 2.75) is 33.8 Å². The Bertz CT molecular complexity index is 665. The molecule has 2 unspecified atom stereocenters. The second-order valence-electron chi connectivity index (χ2n) is 6.39. The Morgan fingerprint density at radius 1 is 1.38 bits per heavy atom. The topological polar surface area (TPSA) is 57.1 Å². The number of carbonyl (C=O) groups is 1. The van der Waals surface area contributed by atoms with Crippen LogP contribution in [0.25, 0.3) is 5.57 Å². The summed E-state index contributed by atoms with van der Waals surface area (Å²) >= 11 is 0. The molecule has 1 aliphatic carbocycles. The lowest BCUT2D eigenvalue weighted by Gasteiger charge is -2.12. The average molecular weight is 331 g/mol. The summed E-state index contributed by atoms with van der Waals surface area (Å²) in [5.74, 6) is 0.191. The highest BCUT2D eigenvalue weighted by molar-refractivity contribution is 6.16. The molecule has 1 fully saturated rings. The van der Waals surface area contributed by atoms with Gasteiger partial charge in [-0.2, -0.15) is 0 Å². The summed E-state index contributed by atoms with van der Waals surface area (Å²) in [7, 11) is 2.84. The van der Waals surface area contributed by atoms with E-state index in [4.69, 9.17) is 14.3 Å². The largest absolute Gasteiger partial charge is 0.503 e. The minimum absolute atomic E-state index is 0.159. The maximum absolute atomic E-state index is 12.0. The molecule has 5 nitrogen and oxygen atoms in total. The molecule has 0 saturated heterocycles. The van der Waals surface area contributed by atoms with Gasteiger partial charge in [0.05, 0.1) is 26.2 Å². The Labute approximate surface area is 143 Å². The van der Waals surface area contributed by atoms with Gasteiger partial charge < -0.3 is 14.3 Å². The first-order valence-corrected chi connectivity index (χ1v) is 8.00. The van der Waals surface area contributed by atoms with Gasteiger partial charge in [-0.05, 0) is 24.8 Å². The second-order valence-corrected chi connectivity index (χ2v) is 6.39. The van der Waals surface area contributed by atoms with Gasteiger partial charge in [0.15, 0.2) is 0 Å². The number of ether oxygens (including phenoxy) is 2. The maximum Gasteiger partial charge on any atom is 0.341 e. The van der Waals surface area contributed by atoms with Gasteiger partial charge in [0.2, 0.25) is 0 Å². The van der Waals surface area contributed by atoms with Crippen molar-refractivity contribution < 1.29 is 19.1 Å². The first-order valence-electron chi connectivity index (χ1n) is 8.00. The fourth-order valence-electron chi connectivity index (χ4n) is 2.74. The summed E-state index contributed by atoms with van der Waals surface area (Å²) in [6.07, 6.45) is 2.53. The van der Waals surface area contributed by atoms with Crippen LogP contribution in [0.15, 0.2) is 35.7 Å². The van der Waals surface area contributed by atoms with E-state index in [2.05, 4.69) is 19.0 Å². The Morgan fingerprint density at radius 2 is 2.04 bits per heavy atom. The number of carbonyl (C=O) groups excluding carboxylic acids is 1. The number of oxime groups is 1. The summed E-state index contributed by atoms with van der Waals surface area (Å²) in [6, 6.07) is 7.48. The van der Waals surface area contributed by atoms with E-state index in [1.807, 2.05) is 31.2 Å². The summed E-state index contributed by atoms with van der Waals surface area (Å²) in [4.78, 5) is 17.5. The molecule has 0 radical (unpaired) electrons. The smallest absolute Gasteiger partial charge is 0.341 e. The average Bonchev–Trinajstić information content (AvgIpc) is 3.21. The molecule has 0 spiro atoms. The lowest BCUT2D eigenvalue weighted by Crippen LogP contribution is -2.11. The van der Waals surface area contributed by atoms with E-state index < -0.39 is 5.97 Å². The molecule has 0 heterocycles. The standard InChI is InChI=1S/C19H25NO4/c1-13-10-19(13,3)14(2)20-24-11-15-8-6-7-9-16(15)17(12-22-4)18(21)23-5/h6-9,12-13H,10-11H2,1-5H3/b17-12+,20-14-. The van der Waals surface area contributed by atoms with Crippen LogP contribution in [-0.4, -0.2) is 25.9 Å². The number of rotatable bonds is 7. The van der Waals surface area contributed by atoms with E-state index in [0.29, 0.717) is 17.1 Å². The third kappa shape index (κ3) is 3.78. The fraction of sp³-hybridized carbons (Fsp3) is 0.474. The molecule has 0 aromatic heterocycles. The van der Waals surface area contributed by atoms with Crippen LogP contribution in [0, 0.1) is 11.3 Å². The molecule has 0 aliphatic heterocycles. The molecule has 1 aromatic carbocycles. The lowest BCUT2D eigenvalue weighted by molar-refractivity contribution is -0.133. The van der Waals surface area contributed by atoms with E-state index in [1.165, 1.54) is 20.5 Å². The van der Waals surface area contributed by atoms with Gasteiger partial charge in [-0.15, -0.1) is 0 Å². The van der Waals surface area contributed by atoms with Crippen molar-refractivity contribution in [2.24, 2.45) is 16.5 Å². The Hall–Kier alpha value is -2.30. The van der Waals surface area contributed by atoms with Crippen LogP contribution in [0.3, 0.4) is 0 Å². The zero-order valence-corrected chi connectivity index (χ0v) is 15.0. The summed E-state index contributed by atoms with van der Waals surface area (Å²) < 4.78 is 9.84. The van der Waals surface area contributed by atoms with E-state index >= 15 is 0 Å². The van der Waals surface area contributed by atoms with E-state index in [-0.39, 0.29) is 12.0 Å². The highest BCUT2D eigenvalue weighted by atomic mass is 16.6. The molecule has 1 aromatic rings. The highest BCUT2D eigenvalue weighted by Gasteiger charge is 2.49. The summed E-state index contributed by atoms with van der Waals surface area (Å²) in [5, 5.41) is 4.26. The van der Waals surface area contributed by atoms with Crippen LogP contribution in [0.2, 0.25) is 0 Å². The van der Waals surface area contributed by atoms with Crippen LogP contribution < -0.4 is 0 Å². The number of nitrogens with zero attached hydrogens (tertiary/aromatic N) is 1. The van der Waals surface area contributed by atoms with E-state index in [1.54, 1.807) is 0 Å². The quantitative estimate of drug-likeness (QED) is 0.251. The van der Waals surface area contributed by atoms with Crippen LogP contribution >= 0.6 is 0 Å². The van der Waals surface area contributed by atoms with Crippen molar-refractivity contribution in [3.63, 3.8) is 0 Å². The van der Waals surface area contributed by atoms with Gasteiger partial charge in [-0.1, -0.05) is 43.3 Å². The highest BCUT2D eigenvalue weighted by Crippen LogP contribution is 2.52. The van der Waals surface area contributed by atoms with Crippen LogP contribution in [0.1, 0.15) is 38.3 Å². The molecular formula is C19H25NO4. The van der Waals surface area contributed by atoms with Gasteiger partial charge in [-0.25, -0.2) is 4.79 Å². The molecule has 5 heteroatoms. The van der Waals surface area contributed by atoms with Gasteiger partial charge >= 0.3 is 5.97 Å². The zero-order valence-electron chi connectivity index (χ0n) is 15.0. The van der Waals surface area contributed by atoms with E-state index in [0.717, 1.165) is 17.7 Å². The van der Waals surface area contributed by atoms with Crippen molar-refractivity contribution in [3.8, 4) is 0 Å². The normalized spacial score (nSPS) is 23.6. The van der Waals surface area contributed by atoms with Gasteiger partial charge in [0.1, 0.15) is 12.2 Å². The minimum atomic E-state index is -0.455. The molecule has 0 N–H and O–H groups in total. The molecule has 0 amide bonds.